The summed E-state index contributed by atoms with van der Waals surface area (Å²) in [5, 5.41) is 3.09. The van der Waals surface area contributed by atoms with Crippen LogP contribution in [0.5, 0.6) is 0 Å². The first-order chi connectivity index (χ1) is 8.63. The number of nitrogens with one attached hydrogen (secondary N) is 1. The van der Waals surface area contributed by atoms with Crippen LogP contribution in [0, 0.1) is 5.92 Å². The summed E-state index contributed by atoms with van der Waals surface area (Å²) in [4.78, 5) is 16.4. The molecule has 0 aliphatic carbocycles. The summed E-state index contributed by atoms with van der Waals surface area (Å²) in [7, 11) is 0. The smallest absolute Gasteiger partial charge is 0.271 e. The lowest BCUT2D eigenvalue weighted by molar-refractivity contribution is 0.543. The van der Waals surface area contributed by atoms with E-state index in [9.17, 15) is 4.79 Å². The summed E-state index contributed by atoms with van der Waals surface area (Å²) < 4.78 is 1.54. The molecule has 0 amide bonds. The van der Waals surface area contributed by atoms with Gasteiger partial charge in [-0.1, -0.05) is 33.6 Å². The molecule has 0 radical (unpaired) electrons. The second-order valence-corrected chi connectivity index (χ2v) is 5.03. The first kappa shape index (κ1) is 12.9. The lowest BCUT2D eigenvalue weighted by Crippen LogP contribution is -2.14. The lowest BCUT2D eigenvalue weighted by Gasteiger charge is -2.03. The molecule has 0 aromatic carbocycles. The minimum Gasteiger partial charge on any atom is -0.276 e. The van der Waals surface area contributed by atoms with E-state index in [4.69, 9.17) is 0 Å². The molecule has 1 unspecified atom stereocenters. The molecule has 0 aliphatic rings. The molecule has 0 saturated heterocycles. The van der Waals surface area contributed by atoms with Gasteiger partial charge in [0.05, 0.1) is 0 Å². The van der Waals surface area contributed by atoms with Crippen LogP contribution in [0.1, 0.15) is 45.0 Å². The molecule has 4 nitrogen and oxygen atoms in total. The van der Waals surface area contributed by atoms with Gasteiger partial charge in [-0.25, -0.2) is 9.50 Å². The van der Waals surface area contributed by atoms with Crippen molar-refractivity contribution in [2.75, 3.05) is 0 Å². The second kappa shape index (κ2) is 5.38. The number of aromatic amines is 1. The van der Waals surface area contributed by atoms with Crippen LogP contribution < -0.4 is 5.56 Å². The zero-order valence-corrected chi connectivity index (χ0v) is 11.4. The molecule has 98 valence electrons. The molecule has 0 spiro atoms. The third-order valence-corrected chi connectivity index (χ3v) is 3.34. The normalized spacial score (nSPS) is 13.1. The summed E-state index contributed by atoms with van der Waals surface area (Å²) in [6.07, 6.45) is 3.98. The van der Waals surface area contributed by atoms with Gasteiger partial charge in [0.15, 0.2) is 5.65 Å². The van der Waals surface area contributed by atoms with Gasteiger partial charge in [-0.3, -0.25) is 9.89 Å². The number of hydrogen-bond acceptors (Lipinski definition) is 2. The molecule has 0 aliphatic heterocycles. The Kier molecular flexibility index (Phi) is 3.84. The summed E-state index contributed by atoms with van der Waals surface area (Å²) in [5.41, 5.74) is 1.80. The van der Waals surface area contributed by atoms with Gasteiger partial charge in [-0.15, -0.1) is 0 Å². The predicted octanol–water partition coefficient (Wildman–Crippen LogP) is 2.56. The summed E-state index contributed by atoms with van der Waals surface area (Å²) in [6, 6.07) is 3.70. The van der Waals surface area contributed by atoms with Gasteiger partial charge in [0.2, 0.25) is 0 Å². The van der Waals surface area contributed by atoms with E-state index in [1.54, 1.807) is 6.07 Å². The number of aryl methyl sites for hydroxylation is 1. The van der Waals surface area contributed by atoms with Crippen molar-refractivity contribution in [2.45, 2.75) is 46.5 Å². The van der Waals surface area contributed by atoms with Gasteiger partial charge < -0.3 is 0 Å². The maximum atomic E-state index is 11.9. The SMILES string of the molecule is CCCc1cc(=O)n2[nH]c(CC(C)CC)nc2c1. The molecule has 1 atom stereocenters. The number of rotatable bonds is 5. The van der Waals surface area contributed by atoms with Gasteiger partial charge in [-0.05, 0) is 24.0 Å². The minimum absolute atomic E-state index is 0.0150. The number of nitrogens with zero attached hydrogens (tertiary/aromatic N) is 2. The number of fused-ring (bicyclic) bond motifs is 1. The Hall–Kier alpha value is -1.58. The fraction of sp³-hybridized carbons (Fsp3) is 0.571. The fourth-order valence-electron chi connectivity index (χ4n) is 2.09. The van der Waals surface area contributed by atoms with Crippen molar-refractivity contribution >= 4 is 5.65 Å². The molecule has 4 heteroatoms. The predicted molar refractivity (Wildman–Crippen MR) is 73.0 cm³/mol. The number of H-pyrrole nitrogens is 1. The number of hydrogen-bond donors (Lipinski definition) is 1. The van der Waals surface area contributed by atoms with E-state index in [-0.39, 0.29) is 5.56 Å². The summed E-state index contributed by atoms with van der Waals surface area (Å²) in [6.45, 7) is 6.47. The van der Waals surface area contributed by atoms with Crippen molar-refractivity contribution < 1.29 is 0 Å². The number of pyridine rings is 1. The van der Waals surface area contributed by atoms with Crippen molar-refractivity contribution in [3.05, 3.63) is 33.9 Å². The molecule has 2 aromatic rings. The lowest BCUT2D eigenvalue weighted by atomic mass is 10.1. The Balaban J connectivity index is 2.38. The molecule has 2 heterocycles. The Morgan fingerprint density at radius 3 is 2.83 bits per heavy atom. The van der Waals surface area contributed by atoms with Gasteiger partial charge in [0.1, 0.15) is 5.82 Å². The van der Waals surface area contributed by atoms with Crippen LogP contribution >= 0.6 is 0 Å². The third kappa shape index (κ3) is 2.63. The Bertz CT molecular complexity index is 582. The quantitative estimate of drug-likeness (QED) is 0.882. The monoisotopic (exact) mass is 247 g/mol. The van der Waals surface area contributed by atoms with E-state index in [1.165, 1.54) is 4.52 Å². The van der Waals surface area contributed by atoms with Crippen LogP contribution in [-0.2, 0) is 12.8 Å². The highest BCUT2D eigenvalue weighted by Crippen LogP contribution is 2.10. The molecular weight excluding hydrogens is 226 g/mol. The topological polar surface area (TPSA) is 50.2 Å². The van der Waals surface area contributed by atoms with Crippen LogP contribution in [0.25, 0.3) is 5.65 Å². The van der Waals surface area contributed by atoms with Gasteiger partial charge in [-0.2, -0.15) is 0 Å². The second-order valence-electron chi connectivity index (χ2n) is 5.03. The summed E-state index contributed by atoms with van der Waals surface area (Å²) >= 11 is 0. The number of aromatic nitrogens is 3. The van der Waals surface area contributed by atoms with Gasteiger partial charge in [0.25, 0.3) is 5.56 Å². The van der Waals surface area contributed by atoms with Crippen molar-refractivity contribution in [1.29, 1.82) is 0 Å². The van der Waals surface area contributed by atoms with Crippen molar-refractivity contribution in [3.8, 4) is 0 Å². The molecule has 18 heavy (non-hydrogen) atoms. The van der Waals surface area contributed by atoms with Crippen molar-refractivity contribution in [1.82, 2.24) is 14.6 Å². The van der Waals surface area contributed by atoms with Crippen LogP contribution in [0.15, 0.2) is 16.9 Å². The Morgan fingerprint density at radius 1 is 1.39 bits per heavy atom. The van der Waals surface area contributed by atoms with E-state index in [1.807, 2.05) is 6.07 Å². The average molecular weight is 247 g/mol. The Morgan fingerprint density at radius 2 is 2.17 bits per heavy atom. The summed E-state index contributed by atoms with van der Waals surface area (Å²) in [5.74, 6) is 1.48. The van der Waals surface area contributed by atoms with E-state index >= 15 is 0 Å². The molecule has 1 N–H and O–H groups in total. The first-order valence-corrected chi connectivity index (χ1v) is 6.74. The standard InChI is InChI=1S/C14H21N3O/c1-4-6-11-8-13-15-12(7-10(3)5-2)16-17(13)14(18)9-11/h8-10H,4-7H2,1-3H3,(H,15,16). The van der Waals surface area contributed by atoms with Gasteiger partial charge >= 0.3 is 0 Å². The van der Waals surface area contributed by atoms with Crippen LogP contribution in [0.2, 0.25) is 0 Å². The van der Waals surface area contributed by atoms with E-state index in [2.05, 4.69) is 30.9 Å². The highest BCUT2D eigenvalue weighted by molar-refractivity contribution is 5.40. The van der Waals surface area contributed by atoms with Crippen LogP contribution in [0.4, 0.5) is 0 Å². The van der Waals surface area contributed by atoms with Crippen molar-refractivity contribution in [3.63, 3.8) is 0 Å². The van der Waals surface area contributed by atoms with E-state index in [0.717, 1.165) is 42.7 Å². The molecule has 0 fully saturated rings. The fourth-order valence-corrected chi connectivity index (χ4v) is 2.09. The molecular formula is C14H21N3O. The highest BCUT2D eigenvalue weighted by atomic mass is 16.1. The molecule has 2 rings (SSSR count). The average Bonchev–Trinajstić information content (AvgIpc) is 2.72. The van der Waals surface area contributed by atoms with E-state index < -0.39 is 0 Å². The Labute approximate surface area is 107 Å². The van der Waals surface area contributed by atoms with Crippen molar-refractivity contribution in [2.24, 2.45) is 5.92 Å². The largest absolute Gasteiger partial charge is 0.276 e. The zero-order chi connectivity index (χ0) is 13.1. The first-order valence-electron chi connectivity index (χ1n) is 6.74. The zero-order valence-electron chi connectivity index (χ0n) is 11.4. The van der Waals surface area contributed by atoms with E-state index in [0.29, 0.717) is 5.92 Å². The maximum absolute atomic E-state index is 11.9. The molecule has 0 bridgehead atoms. The van der Waals surface area contributed by atoms with Crippen LogP contribution in [-0.4, -0.2) is 14.6 Å². The molecule has 0 saturated carbocycles. The molecule has 2 aromatic heterocycles. The van der Waals surface area contributed by atoms with Crippen LogP contribution in [0.3, 0.4) is 0 Å². The highest BCUT2D eigenvalue weighted by Gasteiger charge is 2.08. The van der Waals surface area contributed by atoms with Gasteiger partial charge in [0, 0.05) is 12.5 Å². The maximum Gasteiger partial charge on any atom is 0.271 e. The minimum atomic E-state index is -0.0150. The third-order valence-electron chi connectivity index (χ3n) is 3.34.